The van der Waals surface area contributed by atoms with Crippen molar-refractivity contribution in [2.24, 2.45) is 5.41 Å². The van der Waals surface area contributed by atoms with Crippen LogP contribution in [0.4, 0.5) is 4.79 Å². The number of ether oxygens (including phenoxy) is 1. The Hall–Kier alpha value is -0.770. The molecular weight excluding hydrogens is 240 g/mol. The molecule has 19 heavy (non-hydrogen) atoms. The molecule has 0 unspecified atom stereocenters. The Bertz CT molecular complexity index is 328. The fourth-order valence-electron chi connectivity index (χ4n) is 3.17. The number of piperidine rings is 1. The molecule has 0 aromatic carbocycles. The summed E-state index contributed by atoms with van der Waals surface area (Å²) in [6.07, 6.45) is 3.45. The normalized spacial score (nSPS) is 23.9. The van der Waals surface area contributed by atoms with E-state index in [1.54, 1.807) is 0 Å². The average Bonchev–Trinajstić information content (AvgIpc) is 2.73. The number of hydrogen-bond donors (Lipinski definition) is 0. The molecule has 4 heteroatoms. The molecule has 0 bridgehead atoms. The lowest BCUT2D eigenvalue weighted by Gasteiger charge is -2.38. The zero-order valence-electron chi connectivity index (χ0n) is 12.9. The molecule has 0 atom stereocenters. The van der Waals surface area contributed by atoms with Gasteiger partial charge in [-0.1, -0.05) is 6.92 Å². The molecule has 110 valence electrons. The molecule has 2 rings (SSSR count). The van der Waals surface area contributed by atoms with Gasteiger partial charge < -0.3 is 14.5 Å². The summed E-state index contributed by atoms with van der Waals surface area (Å²) in [4.78, 5) is 16.5. The van der Waals surface area contributed by atoms with Crippen molar-refractivity contribution in [2.45, 2.75) is 52.6 Å². The number of rotatable bonds is 1. The lowest BCUT2D eigenvalue weighted by molar-refractivity contribution is 0.0248. The molecule has 2 saturated heterocycles. The lowest BCUT2D eigenvalue weighted by Crippen LogP contribution is -2.42. The van der Waals surface area contributed by atoms with Crippen molar-refractivity contribution < 1.29 is 9.53 Å². The zero-order valence-corrected chi connectivity index (χ0v) is 12.9. The van der Waals surface area contributed by atoms with Gasteiger partial charge in [-0.25, -0.2) is 4.79 Å². The van der Waals surface area contributed by atoms with Crippen LogP contribution in [0.2, 0.25) is 0 Å². The first-order chi connectivity index (χ1) is 8.84. The first kappa shape index (κ1) is 14.6. The van der Waals surface area contributed by atoms with E-state index in [1.165, 1.54) is 25.9 Å². The van der Waals surface area contributed by atoms with E-state index in [1.807, 2.05) is 25.7 Å². The molecule has 0 aliphatic carbocycles. The maximum absolute atomic E-state index is 12.1. The summed E-state index contributed by atoms with van der Waals surface area (Å²) in [5.74, 6) is 0. The second kappa shape index (κ2) is 5.31. The van der Waals surface area contributed by atoms with Gasteiger partial charge in [-0.3, -0.25) is 0 Å². The van der Waals surface area contributed by atoms with Gasteiger partial charge in [0.25, 0.3) is 0 Å². The second-order valence-corrected chi connectivity index (χ2v) is 7.09. The summed E-state index contributed by atoms with van der Waals surface area (Å²) in [6, 6.07) is 0. The lowest BCUT2D eigenvalue weighted by atomic mass is 9.78. The van der Waals surface area contributed by atoms with Crippen LogP contribution in [0.5, 0.6) is 0 Å². The molecule has 4 nitrogen and oxygen atoms in total. The highest BCUT2D eigenvalue weighted by Gasteiger charge is 2.42. The second-order valence-electron chi connectivity index (χ2n) is 7.09. The molecule has 0 aromatic rings. The average molecular weight is 268 g/mol. The van der Waals surface area contributed by atoms with Gasteiger partial charge in [0.1, 0.15) is 5.60 Å². The van der Waals surface area contributed by atoms with Crippen LogP contribution in [0.25, 0.3) is 0 Å². The standard InChI is InChI=1S/C15H28N2O2/c1-5-16-9-6-15(7-10-16)8-11-17(12-15)13(18)19-14(2,3)4/h5-12H2,1-4H3. The SMILES string of the molecule is CCN1CCC2(CC1)CCN(C(=O)OC(C)(C)C)C2. The van der Waals surface area contributed by atoms with Crippen molar-refractivity contribution in [2.75, 3.05) is 32.7 Å². The van der Waals surface area contributed by atoms with Gasteiger partial charge in [0.2, 0.25) is 0 Å². The summed E-state index contributed by atoms with van der Waals surface area (Å²) in [6.45, 7) is 13.3. The number of nitrogens with zero attached hydrogens (tertiary/aromatic N) is 2. The molecule has 2 heterocycles. The molecule has 0 radical (unpaired) electrons. The van der Waals surface area contributed by atoms with Gasteiger partial charge in [0.05, 0.1) is 0 Å². The minimum atomic E-state index is -0.390. The predicted octanol–water partition coefficient (Wildman–Crippen LogP) is 2.73. The van der Waals surface area contributed by atoms with Crippen molar-refractivity contribution in [3.05, 3.63) is 0 Å². The Labute approximate surface area is 117 Å². The van der Waals surface area contributed by atoms with Gasteiger partial charge in [0.15, 0.2) is 0 Å². The van der Waals surface area contributed by atoms with E-state index >= 15 is 0 Å². The Kier molecular flexibility index (Phi) is 4.09. The Morgan fingerprint density at radius 1 is 1.16 bits per heavy atom. The van der Waals surface area contributed by atoms with Gasteiger partial charge >= 0.3 is 6.09 Å². The number of amides is 1. The molecule has 2 fully saturated rings. The number of likely N-dealkylation sites (tertiary alicyclic amines) is 2. The quantitative estimate of drug-likeness (QED) is 0.733. The number of carbonyl (C=O) groups excluding carboxylic acids is 1. The summed E-state index contributed by atoms with van der Waals surface area (Å²) in [5, 5.41) is 0. The van der Waals surface area contributed by atoms with Crippen molar-refractivity contribution in [3.8, 4) is 0 Å². The third kappa shape index (κ3) is 3.62. The minimum absolute atomic E-state index is 0.137. The van der Waals surface area contributed by atoms with E-state index in [-0.39, 0.29) is 6.09 Å². The van der Waals surface area contributed by atoms with Crippen molar-refractivity contribution >= 4 is 6.09 Å². The van der Waals surface area contributed by atoms with Gasteiger partial charge in [0, 0.05) is 13.1 Å². The molecule has 1 spiro atoms. The third-order valence-corrected chi connectivity index (χ3v) is 4.45. The summed E-state index contributed by atoms with van der Waals surface area (Å²) in [7, 11) is 0. The molecule has 1 amide bonds. The fourth-order valence-corrected chi connectivity index (χ4v) is 3.17. The predicted molar refractivity (Wildman–Crippen MR) is 76.2 cm³/mol. The molecule has 0 aromatic heterocycles. The number of carbonyl (C=O) groups is 1. The Balaban J connectivity index is 1.88. The topological polar surface area (TPSA) is 32.8 Å². The smallest absolute Gasteiger partial charge is 0.410 e. The van der Waals surface area contributed by atoms with Crippen LogP contribution in [-0.2, 0) is 4.74 Å². The highest BCUT2D eigenvalue weighted by atomic mass is 16.6. The van der Waals surface area contributed by atoms with E-state index < -0.39 is 5.60 Å². The van der Waals surface area contributed by atoms with Crippen LogP contribution in [0, 0.1) is 5.41 Å². The zero-order chi connectivity index (χ0) is 14.1. The van der Waals surface area contributed by atoms with E-state index in [4.69, 9.17) is 4.74 Å². The van der Waals surface area contributed by atoms with Crippen LogP contribution in [0.1, 0.15) is 47.0 Å². The first-order valence-electron chi connectivity index (χ1n) is 7.54. The highest BCUT2D eigenvalue weighted by molar-refractivity contribution is 5.68. The highest BCUT2D eigenvalue weighted by Crippen LogP contribution is 2.40. The summed E-state index contributed by atoms with van der Waals surface area (Å²) < 4.78 is 5.47. The molecule has 0 saturated carbocycles. The molecule has 2 aliphatic rings. The summed E-state index contributed by atoms with van der Waals surface area (Å²) >= 11 is 0. The van der Waals surface area contributed by atoms with Crippen LogP contribution in [0.3, 0.4) is 0 Å². The molecule has 0 N–H and O–H groups in total. The minimum Gasteiger partial charge on any atom is -0.444 e. The van der Waals surface area contributed by atoms with Gasteiger partial charge in [-0.15, -0.1) is 0 Å². The van der Waals surface area contributed by atoms with Crippen LogP contribution < -0.4 is 0 Å². The monoisotopic (exact) mass is 268 g/mol. The molecular formula is C15H28N2O2. The van der Waals surface area contributed by atoms with Crippen LogP contribution in [0.15, 0.2) is 0 Å². The Morgan fingerprint density at radius 3 is 2.26 bits per heavy atom. The third-order valence-electron chi connectivity index (χ3n) is 4.45. The van der Waals surface area contributed by atoms with E-state index in [9.17, 15) is 4.79 Å². The summed E-state index contributed by atoms with van der Waals surface area (Å²) in [5.41, 5.74) is -0.0268. The number of hydrogen-bond acceptors (Lipinski definition) is 3. The van der Waals surface area contributed by atoms with Crippen LogP contribution >= 0.6 is 0 Å². The van der Waals surface area contributed by atoms with Gasteiger partial charge in [-0.2, -0.15) is 0 Å². The van der Waals surface area contributed by atoms with Crippen molar-refractivity contribution in [1.29, 1.82) is 0 Å². The van der Waals surface area contributed by atoms with E-state index in [0.29, 0.717) is 5.41 Å². The van der Waals surface area contributed by atoms with E-state index in [2.05, 4.69) is 11.8 Å². The van der Waals surface area contributed by atoms with Crippen LogP contribution in [-0.4, -0.2) is 54.2 Å². The first-order valence-corrected chi connectivity index (χ1v) is 7.54. The van der Waals surface area contributed by atoms with Gasteiger partial charge in [-0.05, 0) is 65.1 Å². The largest absolute Gasteiger partial charge is 0.444 e. The maximum atomic E-state index is 12.1. The maximum Gasteiger partial charge on any atom is 0.410 e. The fraction of sp³-hybridized carbons (Fsp3) is 0.933. The van der Waals surface area contributed by atoms with Crippen molar-refractivity contribution in [3.63, 3.8) is 0 Å². The Morgan fingerprint density at radius 2 is 1.74 bits per heavy atom. The molecule has 2 aliphatic heterocycles. The van der Waals surface area contributed by atoms with Crippen molar-refractivity contribution in [1.82, 2.24) is 9.80 Å². The van der Waals surface area contributed by atoms with E-state index in [0.717, 1.165) is 26.1 Å².